The maximum Gasteiger partial charge on any atom is 0.0952 e. The molecule has 4 nitrogen and oxygen atoms in total. The molecule has 0 atom stereocenters. The van der Waals surface area contributed by atoms with Crippen LogP contribution in [0.3, 0.4) is 0 Å². The van der Waals surface area contributed by atoms with Gasteiger partial charge in [-0.1, -0.05) is 13.3 Å². The lowest BCUT2D eigenvalue weighted by Crippen LogP contribution is -2.27. The topological polar surface area (TPSA) is 47.9 Å². The fourth-order valence-corrected chi connectivity index (χ4v) is 0.459. The van der Waals surface area contributed by atoms with Crippen LogP contribution in [0.2, 0.25) is 0 Å². The minimum absolute atomic E-state index is 0.215. The molecule has 0 aliphatic heterocycles. The lowest BCUT2D eigenvalue weighted by Gasteiger charge is -2.24. The first kappa shape index (κ1) is 18.2. The van der Waals surface area contributed by atoms with E-state index in [-0.39, 0.29) is 11.2 Å². The summed E-state index contributed by atoms with van der Waals surface area (Å²) in [4.78, 5) is 14.0. The zero-order valence-electron chi connectivity index (χ0n) is 11.8. The molecule has 0 fully saturated rings. The van der Waals surface area contributed by atoms with E-state index in [2.05, 4.69) is 4.89 Å². The Labute approximate surface area is 99.8 Å². The highest BCUT2D eigenvalue weighted by Crippen LogP contribution is 2.14. The minimum atomic E-state index is -0.215. The molecule has 4 heteroatoms. The Morgan fingerprint density at radius 1 is 0.875 bits per heavy atom. The van der Waals surface area contributed by atoms with Crippen LogP contribution in [0.4, 0.5) is 0 Å². The molecule has 0 bridgehead atoms. The summed E-state index contributed by atoms with van der Waals surface area (Å²) in [6.45, 7) is 14.3. The third kappa shape index (κ3) is 23.6. The minimum Gasteiger partial charge on any atom is -0.252 e. The lowest BCUT2D eigenvalue weighted by atomic mass is 10.2. The predicted octanol–water partition coefficient (Wildman–Crippen LogP) is 3.81. The van der Waals surface area contributed by atoms with Gasteiger partial charge in [-0.15, -0.1) is 0 Å². The largest absolute Gasteiger partial charge is 0.252 e. The number of rotatable bonds is 4. The molecule has 0 aromatic heterocycles. The van der Waals surface area contributed by atoms with Crippen LogP contribution in [0.5, 0.6) is 0 Å². The lowest BCUT2D eigenvalue weighted by molar-refractivity contribution is -0.393. The second-order valence-corrected chi connectivity index (χ2v) is 5.58. The van der Waals surface area contributed by atoms with E-state index in [0.717, 1.165) is 12.8 Å². The summed E-state index contributed by atoms with van der Waals surface area (Å²) >= 11 is 0. The summed E-state index contributed by atoms with van der Waals surface area (Å²) < 4.78 is 0. The average molecular weight is 236 g/mol. The van der Waals surface area contributed by atoms with Crippen LogP contribution in [0, 0.1) is 0 Å². The molecule has 0 amide bonds. The van der Waals surface area contributed by atoms with E-state index < -0.39 is 0 Å². The van der Waals surface area contributed by atoms with E-state index in [1.54, 1.807) is 0 Å². The van der Waals surface area contributed by atoms with E-state index in [1.165, 1.54) is 0 Å². The van der Waals surface area contributed by atoms with E-state index in [9.17, 15) is 0 Å². The molecule has 1 N–H and O–H groups in total. The Morgan fingerprint density at radius 2 is 1.25 bits per heavy atom. The van der Waals surface area contributed by atoms with Gasteiger partial charge in [0, 0.05) is 0 Å². The van der Waals surface area contributed by atoms with Crippen LogP contribution in [0.1, 0.15) is 61.3 Å². The Hall–Kier alpha value is -0.160. The summed E-state index contributed by atoms with van der Waals surface area (Å²) in [5.74, 6) is 0. The summed E-state index contributed by atoms with van der Waals surface area (Å²) in [6.07, 6.45) is 2.01. The average Bonchev–Trinajstić information content (AvgIpc) is 2.11. The van der Waals surface area contributed by atoms with Crippen molar-refractivity contribution in [3.63, 3.8) is 0 Å². The molecule has 0 heterocycles. The van der Waals surface area contributed by atoms with E-state index in [0.29, 0.717) is 6.61 Å². The van der Waals surface area contributed by atoms with E-state index >= 15 is 0 Å². The second-order valence-electron chi connectivity index (χ2n) is 5.58. The van der Waals surface area contributed by atoms with Gasteiger partial charge in [0.05, 0.1) is 17.8 Å². The standard InChI is InChI=1S/C8H18O2.C4H10O2/c1-7(2,3)9-10-8(4,5)6;1-2-3-4-6-5/h1-6H3;5H,2-4H2,1H3. The summed E-state index contributed by atoms with van der Waals surface area (Å²) in [5, 5.41) is 7.70. The van der Waals surface area contributed by atoms with Gasteiger partial charge in [0.15, 0.2) is 0 Å². The zero-order valence-corrected chi connectivity index (χ0v) is 11.8. The molecule has 0 aliphatic carbocycles. The highest BCUT2D eigenvalue weighted by Gasteiger charge is 2.18. The van der Waals surface area contributed by atoms with Crippen LogP contribution >= 0.6 is 0 Å². The smallest absolute Gasteiger partial charge is 0.0952 e. The summed E-state index contributed by atoms with van der Waals surface area (Å²) in [6, 6.07) is 0. The van der Waals surface area contributed by atoms with Crippen molar-refractivity contribution in [2.45, 2.75) is 72.5 Å². The molecule has 100 valence electrons. The first-order valence-corrected chi connectivity index (χ1v) is 5.75. The quantitative estimate of drug-likeness (QED) is 0.458. The molecule has 0 aromatic carbocycles. The van der Waals surface area contributed by atoms with Crippen molar-refractivity contribution in [3.05, 3.63) is 0 Å². The fourth-order valence-electron chi connectivity index (χ4n) is 0.459. The zero-order chi connectivity index (χ0) is 13.2. The predicted molar refractivity (Wildman–Crippen MR) is 65.2 cm³/mol. The fraction of sp³-hybridized carbons (Fsp3) is 1.00. The first-order valence-electron chi connectivity index (χ1n) is 5.75. The van der Waals surface area contributed by atoms with Crippen LogP contribution in [0.25, 0.3) is 0 Å². The van der Waals surface area contributed by atoms with Gasteiger partial charge in [0.2, 0.25) is 0 Å². The molecular formula is C12H28O4. The maximum atomic E-state index is 7.70. The van der Waals surface area contributed by atoms with Gasteiger partial charge in [0.25, 0.3) is 0 Å². The summed E-state index contributed by atoms with van der Waals surface area (Å²) in [7, 11) is 0. The van der Waals surface area contributed by atoms with Gasteiger partial charge in [0.1, 0.15) is 0 Å². The SMILES string of the molecule is CC(C)(C)OOC(C)(C)C.CCCCOO. The Bertz CT molecular complexity index is 126. The highest BCUT2D eigenvalue weighted by atomic mass is 17.2. The van der Waals surface area contributed by atoms with Crippen LogP contribution in [-0.4, -0.2) is 23.1 Å². The number of unbranched alkanes of at least 4 members (excludes halogenated alkanes) is 1. The van der Waals surface area contributed by atoms with Gasteiger partial charge < -0.3 is 0 Å². The molecule has 0 saturated heterocycles. The van der Waals surface area contributed by atoms with Crippen molar-refractivity contribution in [2.24, 2.45) is 0 Å². The van der Waals surface area contributed by atoms with Crippen LogP contribution < -0.4 is 0 Å². The van der Waals surface area contributed by atoms with Crippen molar-refractivity contribution in [1.29, 1.82) is 0 Å². The number of hydrogen-bond acceptors (Lipinski definition) is 4. The van der Waals surface area contributed by atoms with Gasteiger partial charge in [-0.25, -0.2) is 14.7 Å². The van der Waals surface area contributed by atoms with Crippen molar-refractivity contribution >= 4 is 0 Å². The molecule has 0 aromatic rings. The third-order valence-electron chi connectivity index (χ3n) is 1.13. The Balaban J connectivity index is 0. The van der Waals surface area contributed by atoms with E-state index in [4.69, 9.17) is 15.0 Å². The van der Waals surface area contributed by atoms with Gasteiger partial charge in [-0.05, 0) is 48.0 Å². The number of hydrogen-bond donors (Lipinski definition) is 1. The Morgan fingerprint density at radius 3 is 1.38 bits per heavy atom. The molecule has 0 spiro atoms. The molecule has 0 radical (unpaired) electrons. The van der Waals surface area contributed by atoms with Crippen molar-refractivity contribution < 1.29 is 19.9 Å². The highest BCUT2D eigenvalue weighted by molar-refractivity contribution is 4.58. The van der Waals surface area contributed by atoms with Gasteiger partial charge in [-0.2, -0.15) is 0 Å². The summed E-state index contributed by atoms with van der Waals surface area (Å²) in [5.41, 5.74) is -0.430. The van der Waals surface area contributed by atoms with Crippen LogP contribution in [-0.2, 0) is 14.7 Å². The van der Waals surface area contributed by atoms with Crippen LogP contribution in [0.15, 0.2) is 0 Å². The van der Waals surface area contributed by atoms with Gasteiger partial charge >= 0.3 is 0 Å². The molecule has 16 heavy (non-hydrogen) atoms. The molecule has 0 rings (SSSR count). The third-order valence-corrected chi connectivity index (χ3v) is 1.13. The molecular weight excluding hydrogens is 208 g/mol. The maximum absolute atomic E-state index is 7.70. The molecule has 0 aliphatic rings. The monoisotopic (exact) mass is 236 g/mol. The van der Waals surface area contributed by atoms with Crippen molar-refractivity contribution in [1.82, 2.24) is 0 Å². The molecule has 0 saturated carbocycles. The second kappa shape index (κ2) is 8.93. The van der Waals surface area contributed by atoms with Gasteiger partial charge in [-0.3, -0.25) is 5.26 Å². The first-order chi connectivity index (χ1) is 7.12. The Kier molecular flexibility index (Phi) is 10.2. The molecule has 0 unspecified atom stereocenters. The van der Waals surface area contributed by atoms with Crippen molar-refractivity contribution in [3.8, 4) is 0 Å². The van der Waals surface area contributed by atoms with E-state index in [1.807, 2.05) is 48.5 Å². The van der Waals surface area contributed by atoms with Crippen molar-refractivity contribution in [2.75, 3.05) is 6.61 Å². The normalized spacial score (nSPS) is 12.0.